The van der Waals surface area contributed by atoms with E-state index in [4.69, 9.17) is 9.15 Å². The zero-order valence-corrected chi connectivity index (χ0v) is 27.3. The maximum Gasteiger partial charge on any atom is 0.272 e. The molecule has 0 saturated heterocycles. The molecule has 0 aliphatic heterocycles. The molecular formula is C37H30N4O5S2. The summed E-state index contributed by atoms with van der Waals surface area (Å²) in [4.78, 5) is 45.5. The average molecular weight is 675 g/mol. The Labute approximate surface area is 285 Å². The fraction of sp³-hybridized carbons (Fsp3) is 0.0811. The van der Waals surface area contributed by atoms with Crippen LogP contribution in [0.5, 0.6) is 5.75 Å². The summed E-state index contributed by atoms with van der Waals surface area (Å²) in [6, 6.07) is 34.3. The van der Waals surface area contributed by atoms with E-state index in [0.29, 0.717) is 28.7 Å². The topological polar surface area (TPSA) is 123 Å². The minimum atomic E-state index is -0.622. The van der Waals surface area contributed by atoms with Crippen molar-refractivity contribution < 1.29 is 23.5 Å². The van der Waals surface area contributed by atoms with Crippen molar-refractivity contribution in [3.63, 3.8) is 0 Å². The smallest absolute Gasteiger partial charge is 0.272 e. The molecule has 3 amide bonds. The highest BCUT2D eigenvalue weighted by Crippen LogP contribution is 2.38. The first-order valence-corrected chi connectivity index (χ1v) is 16.7. The van der Waals surface area contributed by atoms with Crippen LogP contribution in [0.3, 0.4) is 0 Å². The van der Waals surface area contributed by atoms with Gasteiger partial charge in [0, 0.05) is 22.2 Å². The number of fused-ring (bicyclic) bond motifs is 1. The molecule has 0 bridgehead atoms. The molecule has 6 aromatic rings. The van der Waals surface area contributed by atoms with Crippen LogP contribution < -0.4 is 20.7 Å². The van der Waals surface area contributed by atoms with Gasteiger partial charge in [-0.25, -0.2) is 4.98 Å². The molecule has 0 radical (unpaired) electrons. The summed E-state index contributed by atoms with van der Waals surface area (Å²) in [5.74, 6) is -0.0706. The summed E-state index contributed by atoms with van der Waals surface area (Å²) >= 11 is 2.72. The summed E-state index contributed by atoms with van der Waals surface area (Å²) in [5, 5.41) is 8.42. The lowest BCUT2D eigenvalue weighted by Gasteiger charge is -2.17. The predicted molar refractivity (Wildman–Crippen MR) is 190 cm³/mol. The highest BCUT2D eigenvalue weighted by atomic mass is 32.2. The minimum Gasteiger partial charge on any atom is -0.494 e. The van der Waals surface area contributed by atoms with Gasteiger partial charge in [-0.3, -0.25) is 14.4 Å². The summed E-state index contributed by atoms with van der Waals surface area (Å²) in [6.07, 6.45) is 2.94. The van der Waals surface area contributed by atoms with Crippen molar-refractivity contribution in [3.8, 4) is 5.75 Å². The number of amides is 3. The SMILES string of the molecule is CCOc1ccc2nc(NC(=O)C(Sc3cccc(NC(=O)/C(=C/c4ccco4)NC(=O)c4ccccc4)c3)c3ccccc3)sc2c1. The Morgan fingerprint density at radius 1 is 0.896 bits per heavy atom. The zero-order chi connectivity index (χ0) is 33.3. The molecule has 0 aliphatic carbocycles. The molecule has 240 valence electrons. The molecule has 4 aromatic carbocycles. The lowest BCUT2D eigenvalue weighted by Crippen LogP contribution is -2.30. The quantitative estimate of drug-likeness (QED) is 0.0884. The van der Waals surface area contributed by atoms with Crippen LogP contribution in [0, 0.1) is 0 Å². The fourth-order valence-corrected chi connectivity index (χ4v) is 6.71. The van der Waals surface area contributed by atoms with Gasteiger partial charge in [0.25, 0.3) is 11.8 Å². The van der Waals surface area contributed by atoms with Crippen LogP contribution in [0.15, 0.2) is 137 Å². The number of nitrogens with zero attached hydrogens (tertiary/aromatic N) is 1. The van der Waals surface area contributed by atoms with Crippen molar-refractivity contribution in [2.24, 2.45) is 0 Å². The Hall–Kier alpha value is -5.65. The second-order valence-electron chi connectivity index (χ2n) is 10.4. The van der Waals surface area contributed by atoms with Gasteiger partial charge in [-0.1, -0.05) is 65.9 Å². The van der Waals surface area contributed by atoms with Gasteiger partial charge in [-0.15, -0.1) is 11.8 Å². The van der Waals surface area contributed by atoms with E-state index in [1.54, 1.807) is 60.7 Å². The van der Waals surface area contributed by atoms with E-state index in [1.165, 1.54) is 35.4 Å². The van der Waals surface area contributed by atoms with Crippen molar-refractivity contribution in [2.75, 3.05) is 17.2 Å². The monoisotopic (exact) mass is 674 g/mol. The number of ether oxygens (including phenoxy) is 1. The number of hydrogen-bond acceptors (Lipinski definition) is 8. The molecule has 1 atom stereocenters. The summed E-state index contributed by atoms with van der Waals surface area (Å²) in [6.45, 7) is 2.49. The lowest BCUT2D eigenvalue weighted by molar-refractivity contribution is -0.116. The van der Waals surface area contributed by atoms with E-state index in [0.717, 1.165) is 26.4 Å². The van der Waals surface area contributed by atoms with Crippen LogP contribution in [0.2, 0.25) is 0 Å². The lowest BCUT2D eigenvalue weighted by atomic mass is 10.1. The molecule has 2 heterocycles. The number of hydrogen-bond donors (Lipinski definition) is 3. The predicted octanol–water partition coefficient (Wildman–Crippen LogP) is 8.17. The van der Waals surface area contributed by atoms with Gasteiger partial charge in [0.2, 0.25) is 5.91 Å². The van der Waals surface area contributed by atoms with Crippen molar-refractivity contribution in [2.45, 2.75) is 17.1 Å². The summed E-state index contributed by atoms with van der Waals surface area (Å²) < 4.78 is 11.9. The van der Waals surface area contributed by atoms with Crippen molar-refractivity contribution in [1.82, 2.24) is 10.3 Å². The molecule has 0 saturated carbocycles. The van der Waals surface area contributed by atoms with E-state index in [1.807, 2.05) is 61.5 Å². The zero-order valence-electron chi connectivity index (χ0n) is 25.7. The van der Waals surface area contributed by atoms with E-state index >= 15 is 0 Å². The third-order valence-corrected chi connectivity index (χ3v) is 9.13. The van der Waals surface area contributed by atoms with E-state index in [2.05, 4.69) is 20.9 Å². The molecular weight excluding hydrogens is 645 g/mol. The third-order valence-electron chi connectivity index (χ3n) is 6.95. The third kappa shape index (κ3) is 8.19. The molecule has 0 spiro atoms. The van der Waals surface area contributed by atoms with Gasteiger partial charge >= 0.3 is 0 Å². The highest BCUT2D eigenvalue weighted by Gasteiger charge is 2.24. The Bertz CT molecular complexity index is 2060. The molecule has 6 rings (SSSR count). The molecule has 48 heavy (non-hydrogen) atoms. The van der Waals surface area contributed by atoms with Gasteiger partial charge in [-0.05, 0) is 73.2 Å². The van der Waals surface area contributed by atoms with Crippen molar-refractivity contribution in [3.05, 3.63) is 144 Å². The largest absolute Gasteiger partial charge is 0.494 e. The van der Waals surface area contributed by atoms with Gasteiger partial charge in [0.05, 0.1) is 23.1 Å². The maximum atomic E-state index is 13.8. The van der Waals surface area contributed by atoms with Gasteiger partial charge in [-0.2, -0.15) is 0 Å². The van der Waals surface area contributed by atoms with Crippen LogP contribution >= 0.6 is 23.1 Å². The molecule has 0 aliphatic rings. The number of benzene rings is 4. The molecule has 9 nitrogen and oxygen atoms in total. The number of thioether (sulfide) groups is 1. The first-order valence-electron chi connectivity index (χ1n) is 15.0. The molecule has 2 aromatic heterocycles. The average Bonchev–Trinajstić information content (AvgIpc) is 3.77. The second kappa shape index (κ2) is 15.3. The van der Waals surface area contributed by atoms with E-state index < -0.39 is 17.1 Å². The number of rotatable bonds is 12. The highest BCUT2D eigenvalue weighted by molar-refractivity contribution is 8.00. The second-order valence-corrected chi connectivity index (χ2v) is 12.6. The Morgan fingerprint density at radius 2 is 1.69 bits per heavy atom. The number of carbonyl (C=O) groups excluding carboxylic acids is 3. The number of carbonyl (C=O) groups is 3. The number of thiazole rings is 1. The normalized spacial score (nSPS) is 11.9. The van der Waals surface area contributed by atoms with Crippen LogP contribution in [0.25, 0.3) is 16.3 Å². The minimum absolute atomic E-state index is 0.00242. The fourth-order valence-electron chi connectivity index (χ4n) is 4.73. The Balaban J connectivity index is 1.20. The number of aromatic nitrogens is 1. The molecule has 11 heteroatoms. The first-order chi connectivity index (χ1) is 23.4. The Kier molecular flexibility index (Phi) is 10.3. The van der Waals surface area contributed by atoms with Gasteiger partial charge in [0.15, 0.2) is 5.13 Å². The first kappa shape index (κ1) is 32.3. The number of nitrogens with one attached hydrogen (secondary N) is 3. The van der Waals surface area contributed by atoms with Crippen molar-refractivity contribution in [1.29, 1.82) is 0 Å². The summed E-state index contributed by atoms with van der Waals surface area (Å²) in [7, 11) is 0. The van der Waals surface area contributed by atoms with Crippen LogP contribution in [0.1, 0.15) is 33.9 Å². The van der Waals surface area contributed by atoms with E-state index in [-0.39, 0.29) is 11.6 Å². The number of anilines is 2. The standard InChI is InChI=1S/C37H30N4O5S2/c1-2-45-28-18-19-30-32(23-28)48-37(40-30)41-36(44)33(24-11-5-3-6-12-24)47-29-17-9-15-26(21-29)38-35(43)31(22-27-16-10-20-46-27)39-34(42)25-13-7-4-8-14-25/h3-23,33H,2H2,1H3,(H,38,43)(H,39,42)(H,40,41,44)/b31-22-. The maximum absolute atomic E-state index is 13.8. The molecule has 1 unspecified atom stereocenters. The van der Waals surface area contributed by atoms with Crippen LogP contribution in [-0.2, 0) is 9.59 Å². The van der Waals surface area contributed by atoms with Crippen LogP contribution in [-0.4, -0.2) is 29.3 Å². The van der Waals surface area contributed by atoms with Crippen molar-refractivity contribution >= 4 is 67.9 Å². The molecule has 3 N–H and O–H groups in total. The van der Waals surface area contributed by atoms with Gasteiger partial charge in [0.1, 0.15) is 22.5 Å². The van der Waals surface area contributed by atoms with Crippen LogP contribution in [0.4, 0.5) is 10.8 Å². The Morgan fingerprint density at radius 3 is 2.44 bits per heavy atom. The molecule has 0 fully saturated rings. The summed E-state index contributed by atoms with van der Waals surface area (Å²) in [5.41, 5.74) is 2.46. The number of furan rings is 1. The van der Waals surface area contributed by atoms with E-state index in [9.17, 15) is 14.4 Å². The van der Waals surface area contributed by atoms with Gasteiger partial charge < -0.3 is 25.1 Å².